The molecule has 0 aliphatic rings. The minimum atomic E-state index is -0.227. The van der Waals surface area contributed by atoms with Gasteiger partial charge in [0, 0.05) is 30.1 Å². The van der Waals surface area contributed by atoms with Crippen molar-refractivity contribution in [2.24, 2.45) is 0 Å². The van der Waals surface area contributed by atoms with Crippen LogP contribution < -0.4 is 20.1 Å². The number of amides is 1. The summed E-state index contributed by atoms with van der Waals surface area (Å²) in [4.78, 5) is 16.2. The molecule has 1 heterocycles. The fraction of sp³-hybridized carbons (Fsp3) is 0.294. The van der Waals surface area contributed by atoms with E-state index in [0.717, 1.165) is 0 Å². The second-order valence-corrected chi connectivity index (χ2v) is 5.78. The molecule has 0 atom stereocenters. The second-order valence-electron chi connectivity index (χ2n) is 5.37. The summed E-state index contributed by atoms with van der Waals surface area (Å²) in [6.45, 7) is 3.79. The first-order valence-electron chi connectivity index (χ1n) is 7.40. The lowest BCUT2D eigenvalue weighted by Gasteiger charge is -2.14. The van der Waals surface area contributed by atoms with E-state index in [9.17, 15) is 4.79 Å². The van der Waals surface area contributed by atoms with Crippen molar-refractivity contribution in [2.75, 3.05) is 19.5 Å². The standard InChI is InChI=1S/C17H20ClN3O3/c1-10(2)20-17(22)14-7-11(5-6-19-14)21-13-9-15(23-3)12(18)8-16(13)24-4/h5-10H,1-4H3,(H,19,21)(H,20,22). The van der Waals surface area contributed by atoms with Crippen molar-refractivity contribution >= 4 is 28.9 Å². The van der Waals surface area contributed by atoms with Crippen LogP contribution in [0, 0.1) is 0 Å². The highest BCUT2D eigenvalue weighted by atomic mass is 35.5. The summed E-state index contributed by atoms with van der Waals surface area (Å²) >= 11 is 6.10. The van der Waals surface area contributed by atoms with Crippen molar-refractivity contribution in [2.45, 2.75) is 19.9 Å². The number of halogens is 1. The Balaban J connectivity index is 2.30. The van der Waals surface area contributed by atoms with Gasteiger partial charge in [-0.05, 0) is 26.0 Å². The van der Waals surface area contributed by atoms with Gasteiger partial charge in [0.1, 0.15) is 17.2 Å². The van der Waals surface area contributed by atoms with Crippen LogP contribution in [0.5, 0.6) is 11.5 Å². The van der Waals surface area contributed by atoms with Crippen LogP contribution in [0.15, 0.2) is 30.5 Å². The Morgan fingerprint density at radius 3 is 2.50 bits per heavy atom. The van der Waals surface area contributed by atoms with Gasteiger partial charge in [0.05, 0.1) is 24.9 Å². The Morgan fingerprint density at radius 2 is 1.88 bits per heavy atom. The lowest BCUT2D eigenvalue weighted by molar-refractivity contribution is 0.0938. The largest absolute Gasteiger partial charge is 0.495 e. The monoisotopic (exact) mass is 349 g/mol. The molecule has 0 aliphatic carbocycles. The molecule has 0 spiro atoms. The number of hydrogen-bond donors (Lipinski definition) is 2. The summed E-state index contributed by atoms with van der Waals surface area (Å²) in [6, 6.07) is 6.85. The second kappa shape index (κ2) is 7.88. The fourth-order valence-corrected chi connectivity index (χ4v) is 2.31. The van der Waals surface area contributed by atoms with Gasteiger partial charge in [0.2, 0.25) is 0 Å². The van der Waals surface area contributed by atoms with E-state index in [1.807, 2.05) is 13.8 Å². The van der Waals surface area contributed by atoms with Crippen molar-refractivity contribution in [1.82, 2.24) is 10.3 Å². The summed E-state index contributed by atoms with van der Waals surface area (Å²) in [6.07, 6.45) is 1.57. The third kappa shape index (κ3) is 4.29. The molecule has 0 aliphatic heterocycles. The van der Waals surface area contributed by atoms with Crippen molar-refractivity contribution in [1.29, 1.82) is 0 Å². The molecule has 0 fully saturated rings. The molecular formula is C17H20ClN3O3. The number of methoxy groups -OCH3 is 2. The van der Waals surface area contributed by atoms with Crippen molar-refractivity contribution in [3.8, 4) is 11.5 Å². The van der Waals surface area contributed by atoms with E-state index in [0.29, 0.717) is 33.6 Å². The van der Waals surface area contributed by atoms with Gasteiger partial charge in [0.25, 0.3) is 5.91 Å². The van der Waals surface area contributed by atoms with Crippen molar-refractivity contribution in [3.63, 3.8) is 0 Å². The summed E-state index contributed by atoms with van der Waals surface area (Å²) in [5, 5.41) is 6.45. The van der Waals surface area contributed by atoms with E-state index in [1.165, 1.54) is 7.11 Å². The third-order valence-corrected chi connectivity index (χ3v) is 3.46. The van der Waals surface area contributed by atoms with Gasteiger partial charge in [0.15, 0.2) is 0 Å². The Hall–Kier alpha value is -2.47. The number of hydrogen-bond acceptors (Lipinski definition) is 5. The van der Waals surface area contributed by atoms with E-state index in [4.69, 9.17) is 21.1 Å². The highest BCUT2D eigenvalue weighted by Crippen LogP contribution is 2.37. The van der Waals surface area contributed by atoms with E-state index in [-0.39, 0.29) is 11.9 Å². The summed E-state index contributed by atoms with van der Waals surface area (Å²) in [5.41, 5.74) is 1.69. The lowest BCUT2D eigenvalue weighted by Crippen LogP contribution is -2.30. The number of rotatable bonds is 6. The average molecular weight is 350 g/mol. The van der Waals surface area contributed by atoms with E-state index in [1.54, 1.807) is 37.6 Å². The zero-order valence-corrected chi connectivity index (χ0v) is 14.8. The number of ether oxygens (including phenoxy) is 2. The van der Waals surface area contributed by atoms with Gasteiger partial charge in [-0.3, -0.25) is 9.78 Å². The quantitative estimate of drug-likeness (QED) is 0.833. The maximum atomic E-state index is 12.1. The molecule has 2 rings (SSSR count). The Morgan fingerprint density at radius 1 is 1.17 bits per heavy atom. The number of pyridine rings is 1. The summed E-state index contributed by atoms with van der Waals surface area (Å²) in [5.74, 6) is 0.854. The van der Waals surface area contributed by atoms with Crippen LogP contribution in [0.25, 0.3) is 0 Å². The van der Waals surface area contributed by atoms with Crippen LogP contribution in [-0.4, -0.2) is 31.2 Å². The number of carbonyl (C=O) groups excluding carboxylic acids is 1. The number of carbonyl (C=O) groups is 1. The molecule has 2 N–H and O–H groups in total. The number of aromatic nitrogens is 1. The molecule has 2 aromatic rings. The van der Waals surface area contributed by atoms with Crippen LogP contribution in [0.1, 0.15) is 24.3 Å². The lowest BCUT2D eigenvalue weighted by atomic mass is 10.2. The van der Waals surface area contributed by atoms with Gasteiger partial charge in [-0.25, -0.2) is 0 Å². The molecule has 1 aromatic heterocycles. The highest BCUT2D eigenvalue weighted by molar-refractivity contribution is 6.32. The van der Waals surface area contributed by atoms with Crippen LogP contribution in [0.4, 0.5) is 11.4 Å². The zero-order chi connectivity index (χ0) is 17.7. The summed E-state index contributed by atoms with van der Waals surface area (Å²) in [7, 11) is 3.09. The smallest absolute Gasteiger partial charge is 0.270 e. The topological polar surface area (TPSA) is 72.5 Å². The Bertz CT molecular complexity index is 735. The van der Waals surface area contributed by atoms with Crippen LogP contribution in [0.2, 0.25) is 5.02 Å². The molecule has 0 saturated heterocycles. The van der Waals surface area contributed by atoms with E-state index >= 15 is 0 Å². The SMILES string of the molecule is COc1cc(Nc2ccnc(C(=O)NC(C)C)c2)c(OC)cc1Cl. The predicted octanol–water partition coefficient (Wildman–Crippen LogP) is 3.63. The highest BCUT2D eigenvalue weighted by Gasteiger charge is 2.12. The number of nitrogens with zero attached hydrogens (tertiary/aromatic N) is 1. The Labute approximate surface area is 146 Å². The van der Waals surface area contributed by atoms with Crippen LogP contribution in [0.3, 0.4) is 0 Å². The average Bonchev–Trinajstić information content (AvgIpc) is 2.55. The molecule has 1 amide bonds. The molecule has 6 nitrogen and oxygen atoms in total. The van der Waals surface area contributed by atoms with Gasteiger partial charge in [-0.1, -0.05) is 11.6 Å². The first kappa shape index (κ1) is 17.9. The zero-order valence-electron chi connectivity index (χ0n) is 14.0. The minimum absolute atomic E-state index is 0.0385. The molecule has 7 heteroatoms. The summed E-state index contributed by atoms with van der Waals surface area (Å²) < 4.78 is 10.6. The first-order chi connectivity index (χ1) is 11.4. The molecule has 0 unspecified atom stereocenters. The van der Waals surface area contributed by atoms with Crippen molar-refractivity contribution in [3.05, 3.63) is 41.2 Å². The molecular weight excluding hydrogens is 330 g/mol. The fourth-order valence-electron chi connectivity index (χ4n) is 2.08. The normalized spacial score (nSPS) is 10.4. The Kier molecular flexibility index (Phi) is 5.87. The van der Waals surface area contributed by atoms with E-state index < -0.39 is 0 Å². The van der Waals surface area contributed by atoms with Gasteiger partial charge < -0.3 is 20.1 Å². The maximum absolute atomic E-state index is 12.1. The predicted molar refractivity (Wildman–Crippen MR) is 94.7 cm³/mol. The maximum Gasteiger partial charge on any atom is 0.270 e. The molecule has 0 bridgehead atoms. The molecule has 0 saturated carbocycles. The molecule has 128 valence electrons. The van der Waals surface area contributed by atoms with Crippen molar-refractivity contribution < 1.29 is 14.3 Å². The van der Waals surface area contributed by atoms with Crippen LogP contribution >= 0.6 is 11.6 Å². The number of benzene rings is 1. The number of anilines is 2. The molecule has 1 aromatic carbocycles. The molecule has 24 heavy (non-hydrogen) atoms. The molecule has 0 radical (unpaired) electrons. The van der Waals surface area contributed by atoms with E-state index in [2.05, 4.69) is 15.6 Å². The first-order valence-corrected chi connectivity index (χ1v) is 7.78. The minimum Gasteiger partial charge on any atom is -0.495 e. The number of nitrogens with one attached hydrogen (secondary N) is 2. The third-order valence-electron chi connectivity index (χ3n) is 3.17. The van der Waals surface area contributed by atoms with Crippen LogP contribution in [-0.2, 0) is 0 Å². The van der Waals surface area contributed by atoms with Gasteiger partial charge >= 0.3 is 0 Å². The van der Waals surface area contributed by atoms with Gasteiger partial charge in [-0.15, -0.1) is 0 Å². The van der Waals surface area contributed by atoms with Gasteiger partial charge in [-0.2, -0.15) is 0 Å².